The number of anilines is 2. The summed E-state index contributed by atoms with van der Waals surface area (Å²) in [5.74, 6) is 0.401. The van der Waals surface area contributed by atoms with Crippen LogP contribution >= 0.6 is 0 Å². The van der Waals surface area contributed by atoms with Crippen LogP contribution in [0.1, 0.15) is 6.92 Å². The molecule has 8 nitrogen and oxygen atoms in total. The lowest BCUT2D eigenvalue weighted by Gasteiger charge is -2.09. The average Bonchev–Trinajstić information content (AvgIpc) is 3.09. The van der Waals surface area contributed by atoms with Crippen LogP contribution in [0.4, 0.5) is 11.4 Å². The number of aromatic nitrogens is 3. The quantitative estimate of drug-likeness (QED) is 0.727. The van der Waals surface area contributed by atoms with Gasteiger partial charge in [0.15, 0.2) is 0 Å². The number of sulfonamides is 1. The molecule has 0 fully saturated rings. The number of pyridine rings is 1. The van der Waals surface area contributed by atoms with Gasteiger partial charge in [0.05, 0.1) is 16.8 Å². The molecule has 0 aliphatic rings. The highest BCUT2D eigenvalue weighted by molar-refractivity contribution is 7.92. The molecule has 2 heterocycles. The van der Waals surface area contributed by atoms with Gasteiger partial charge >= 0.3 is 0 Å². The van der Waals surface area contributed by atoms with Crippen LogP contribution in [0.15, 0.2) is 66.2 Å². The van der Waals surface area contributed by atoms with Crippen LogP contribution in [0.3, 0.4) is 0 Å². The topological polar surface area (TPSA) is 106 Å². The van der Waals surface area contributed by atoms with E-state index in [1.54, 1.807) is 35.4 Å². The maximum Gasteiger partial charge on any atom is 0.261 e. The van der Waals surface area contributed by atoms with Crippen molar-refractivity contribution >= 4 is 27.3 Å². The highest BCUT2D eigenvalue weighted by Gasteiger charge is 2.14. The number of rotatable bonds is 5. The standard InChI is InChI=1S/C16H15N5O3S/c1-12(22)19-13-2-5-15(6-3-13)25(23,24)20-14-4-7-16(18-10-14)21-9-8-17-11-21/h2-11,20H,1H3,(H,19,22). The molecular formula is C16H15N5O3S. The van der Waals surface area contributed by atoms with E-state index in [0.717, 1.165) is 0 Å². The van der Waals surface area contributed by atoms with E-state index in [4.69, 9.17) is 0 Å². The monoisotopic (exact) mass is 357 g/mol. The Kier molecular flexibility index (Phi) is 4.48. The minimum Gasteiger partial charge on any atom is -0.326 e. The Labute approximate surface area is 144 Å². The minimum absolute atomic E-state index is 0.0836. The molecule has 0 spiro atoms. The molecule has 0 aliphatic heterocycles. The number of imidazole rings is 1. The summed E-state index contributed by atoms with van der Waals surface area (Å²) in [5.41, 5.74) is 0.868. The highest BCUT2D eigenvalue weighted by atomic mass is 32.2. The largest absolute Gasteiger partial charge is 0.326 e. The first-order valence-electron chi connectivity index (χ1n) is 7.29. The third-order valence-corrected chi connectivity index (χ3v) is 4.65. The maximum absolute atomic E-state index is 12.4. The molecular weight excluding hydrogens is 342 g/mol. The van der Waals surface area contributed by atoms with Crippen molar-refractivity contribution in [2.75, 3.05) is 10.0 Å². The fourth-order valence-corrected chi connectivity index (χ4v) is 3.17. The molecule has 0 atom stereocenters. The Morgan fingerprint density at radius 3 is 2.36 bits per heavy atom. The molecule has 25 heavy (non-hydrogen) atoms. The number of nitrogens with one attached hydrogen (secondary N) is 2. The Morgan fingerprint density at radius 2 is 1.80 bits per heavy atom. The number of benzene rings is 1. The second kappa shape index (κ2) is 6.73. The normalized spacial score (nSPS) is 11.1. The van der Waals surface area contributed by atoms with Gasteiger partial charge in [-0.25, -0.2) is 18.4 Å². The van der Waals surface area contributed by atoms with Gasteiger partial charge in [-0.2, -0.15) is 0 Å². The van der Waals surface area contributed by atoms with Gasteiger partial charge < -0.3 is 5.32 Å². The van der Waals surface area contributed by atoms with Crippen LogP contribution in [0.5, 0.6) is 0 Å². The van der Waals surface area contributed by atoms with E-state index in [2.05, 4.69) is 20.0 Å². The van der Waals surface area contributed by atoms with Crippen LogP contribution in [-0.4, -0.2) is 28.9 Å². The fourth-order valence-electron chi connectivity index (χ4n) is 2.13. The fraction of sp³-hybridized carbons (Fsp3) is 0.0625. The first kappa shape index (κ1) is 16.7. The molecule has 0 aliphatic carbocycles. The number of carbonyl (C=O) groups is 1. The van der Waals surface area contributed by atoms with Gasteiger partial charge in [0.25, 0.3) is 10.0 Å². The molecule has 0 radical (unpaired) electrons. The van der Waals surface area contributed by atoms with E-state index < -0.39 is 10.0 Å². The lowest BCUT2D eigenvalue weighted by atomic mass is 10.3. The maximum atomic E-state index is 12.4. The molecule has 3 aromatic rings. The number of hydrogen-bond acceptors (Lipinski definition) is 5. The van der Waals surface area contributed by atoms with Crippen molar-refractivity contribution in [1.29, 1.82) is 0 Å². The lowest BCUT2D eigenvalue weighted by Crippen LogP contribution is -2.13. The van der Waals surface area contributed by atoms with Crippen LogP contribution in [0.25, 0.3) is 5.82 Å². The van der Waals surface area contributed by atoms with E-state index in [1.165, 1.54) is 37.4 Å². The Morgan fingerprint density at radius 1 is 1.08 bits per heavy atom. The molecule has 0 saturated heterocycles. The SMILES string of the molecule is CC(=O)Nc1ccc(S(=O)(=O)Nc2ccc(-n3ccnc3)nc2)cc1. The van der Waals surface area contributed by atoms with E-state index in [-0.39, 0.29) is 10.8 Å². The van der Waals surface area contributed by atoms with Gasteiger partial charge in [-0.1, -0.05) is 0 Å². The number of amides is 1. The Bertz CT molecular complexity index is 966. The van der Waals surface area contributed by atoms with Gasteiger partial charge in [0.2, 0.25) is 5.91 Å². The molecule has 9 heteroatoms. The molecule has 0 bridgehead atoms. The lowest BCUT2D eigenvalue weighted by molar-refractivity contribution is -0.114. The molecule has 2 N–H and O–H groups in total. The molecule has 3 rings (SSSR count). The zero-order valence-electron chi connectivity index (χ0n) is 13.2. The number of carbonyl (C=O) groups excluding carboxylic acids is 1. The Hall–Kier alpha value is -3.20. The smallest absolute Gasteiger partial charge is 0.261 e. The predicted octanol–water partition coefficient (Wildman–Crippen LogP) is 2.03. The highest BCUT2D eigenvalue weighted by Crippen LogP contribution is 2.18. The molecule has 128 valence electrons. The summed E-state index contributed by atoms with van der Waals surface area (Å²) in [7, 11) is -3.75. The van der Waals surface area contributed by atoms with Crippen LogP contribution in [0, 0.1) is 0 Å². The summed E-state index contributed by atoms with van der Waals surface area (Å²) < 4.78 is 29.0. The minimum atomic E-state index is -3.75. The molecule has 0 saturated carbocycles. The first-order valence-corrected chi connectivity index (χ1v) is 8.77. The third-order valence-electron chi connectivity index (χ3n) is 3.25. The molecule has 1 aromatic carbocycles. The summed E-state index contributed by atoms with van der Waals surface area (Å²) in [5, 5.41) is 2.58. The first-order chi connectivity index (χ1) is 11.9. The molecule has 1 amide bonds. The van der Waals surface area contributed by atoms with Crippen LogP contribution < -0.4 is 10.0 Å². The zero-order chi connectivity index (χ0) is 17.9. The molecule has 0 unspecified atom stereocenters. The number of nitrogens with zero attached hydrogens (tertiary/aromatic N) is 3. The zero-order valence-corrected chi connectivity index (χ0v) is 14.1. The predicted molar refractivity (Wildman–Crippen MR) is 92.9 cm³/mol. The van der Waals surface area contributed by atoms with Crippen molar-refractivity contribution in [3.05, 3.63) is 61.3 Å². The van der Waals surface area contributed by atoms with Crippen LogP contribution in [-0.2, 0) is 14.8 Å². The summed E-state index contributed by atoms with van der Waals surface area (Å²) >= 11 is 0. The van der Waals surface area contributed by atoms with Gasteiger partial charge in [-0.05, 0) is 36.4 Å². The van der Waals surface area contributed by atoms with Crippen LogP contribution in [0.2, 0.25) is 0 Å². The summed E-state index contributed by atoms with van der Waals surface area (Å²) in [6, 6.07) is 9.18. The second-order valence-corrected chi connectivity index (χ2v) is 6.87. The van der Waals surface area contributed by atoms with Gasteiger partial charge in [0, 0.05) is 25.0 Å². The summed E-state index contributed by atoms with van der Waals surface area (Å²) in [6.07, 6.45) is 6.40. The van der Waals surface area contributed by atoms with Crippen molar-refractivity contribution < 1.29 is 13.2 Å². The summed E-state index contributed by atoms with van der Waals surface area (Å²) in [4.78, 5) is 19.2. The van der Waals surface area contributed by atoms with Crippen molar-refractivity contribution in [1.82, 2.24) is 14.5 Å². The van der Waals surface area contributed by atoms with Gasteiger partial charge in [-0.3, -0.25) is 14.1 Å². The average molecular weight is 357 g/mol. The van der Waals surface area contributed by atoms with Gasteiger partial charge in [0.1, 0.15) is 12.1 Å². The second-order valence-electron chi connectivity index (χ2n) is 5.19. The van der Waals surface area contributed by atoms with Gasteiger partial charge in [-0.15, -0.1) is 0 Å². The summed E-state index contributed by atoms with van der Waals surface area (Å²) in [6.45, 7) is 1.38. The van der Waals surface area contributed by atoms with E-state index in [9.17, 15) is 13.2 Å². The molecule has 2 aromatic heterocycles. The van der Waals surface area contributed by atoms with Crippen molar-refractivity contribution in [2.24, 2.45) is 0 Å². The van der Waals surface area contributed by atoms with Crippen molar-refractivity contribution in [3.8, 4) is 5.82 Å². The third kappa shape index (κ3) is 4.01. The van der Waals surface area contributed by atoms with E-state index >= 15 is 0 Å². The number of hydrogen-bond donors (Lipinski definition) is 2. The van der Waals surface area contributed by atoms with Crippen molar-refractivity contribution in [3.63, 3.8) is 0 Å². The van der Waals surface area contributed by atoms with E-state index in [0.29, 0.717) is 17.2 Å². The Balaban J connectivity index is 1.75. The van der Waals surface area contributed by atoms with Crippen molar-refractivity contribution in [2.45, 2.75) is 11.8 Å². The van der Waals surface area contributed by atoms with E-state index in [1.807, 2.05) is 0 Å².